The van der Waals surface area contributed by atoms with Gasteiger partial charge >= 0.3 is 0 Å². The summed E-state index contributed by atoms with van der Waals surface area (Å²) in [6.07, 6.45) is 6.98. The molecule has 6 heteroatoms. The molecule has 0 aromatic carbocycles. The monoisotopic (exact) mass is 361 g/mol. The van der Waals surface area contributed by atoms with E-state index in [2.05, 4.69) is 16.3 Å². The number of likely N-dealkylation sites (tertiary alicyclic amines) is 1. The highest BCUT2D eigenvalue weighted by Gasteiger charge is 2.23. The van der Waals surface area contributed by atoms with Gasteiger partial charge < -0.3 is 14.8 Å². The van der Waals surface area contributed by atoms with E-state index in [1.54, 1.807) is 4.57 Å². The molecule has 1 N–H and O–H groups in total. The number of halogens is 2. The van der Waals surface area contributed by atoms with Crippen LogP contribution in [0.4, 0.5) is 0 Å². The Morgan fingerprint density at radius 1 is 1.22 bits per heavy atom. The Morgan fingerprint density at radius 3 is 2.57 bits per heavy atom. The molecule has 0 bridgehead atoms. The van der Waals surface area contributed by atoms with E-state index in [-0.39, 0.29) is 30.4 Å². The Bertz CT molecular complexity index is 521. The van der Waals surface area contributed by atoms with Crippen molar-refractivity contribution in [2.75, 3.05) is 32.7 Å². The minimum absolute atomic E-state index is 0. The normalized spacial score (nSPS) is 22.9. The molecule has 2 saturated heterocycles. The molecule has 3 heterocycles. The van der Waals surface area contributed by atoms with Gasteiger partial charge in [-0.25, -0.2) is 0 Å². The van der Waals surface area contributed by atoms with Crippen molar-refractivity contribution in [3.05, 3.63) is 34.2 Å². The first-order valence-corrected chi connectivity index (χ1v) is 8.32. The minimum Gasteiger partial charge on any atom is -0.319 e. The highest BCUT2D eigenvalue weighted by Crippen LogP contribution is 2.27. The SMILES string of the molecule is Cl.Cl.Cn1ccc(C2CCN(CC3CCCNC3)CC2)cc1=O. The molecule has 2 aliphatic rings. The van der Waals surface area contributed by atoms with Crippen LogP contribution in [0.15, 0.2) is 23.1 Å². The smallest absolute Gasteiger partial charge is 0.250 e. The molecule has 1 aromatic rings. The summed E-state index contributed by atoms with van der Waals surface area (Å²) in [7, 11) is 1.81. The first-order chi connectivity index (χ1) is 10.2. The lowest BCUT2D eigenvalue weighted by atomic mass is 9.89. The van der Waals surface area contributed by atoms with Crippen LogP contribution in [0.3, 0.4) is 0 Å². The van der Waals surface area contributed by atoms with Crippen molar-refractivity contribution in [2.45, 2.75) is 31.6 Å². The Hall–Kier alpha value is -0.550. The van der Waals surface area contributed by atoms with Gasteiger partial charge in [-0.1, -0.05) is 0 Å². The molecule has 1 aromatic heterocycles. The molecule has 1 atom stereocenters. The zero-order valence-corrected chi connectivity index (χ0v) is 15.5. The van der Waals surface area contributed by atoms with Gasteiger partial charge in [-0.3, -0.25) is 4.79 Å². The van der Waals surface area contributed by atoms with Crippen LogP contribution in [0.5, 0.6) is 0 Å². The van der Waals surface area contributed by atoms with Crippen LogP contribution in [-0.4, -0.2) is 42.2 Å². The summed E-state index contributed by atoms with van der Waals surface area (Å²) >= 11 is 0. The van der Waals surface area contributed by atoms with Gasteiger partial charge in [0.05, 0.1) is 0 Å². The van der Waals surface area contributed by atoms with Crippen molar-refractivity contribution in [3.63, 3.8) is 0 Å². The van der Waals surface area contributed by atoms with Crippen LogP contribution >= 0.6 is 24.8 Å². The number of nitrogens with zero attached hydrogens (tertiary/aromatic N) is 2. The topological polar surface area (TPSA) is 37.3 Å². The summed E-state index contributed by atoms with van der Waals surface area (Å²) in [4.78, 5) is 14.4. The third-order valence-corrected chi connectivity index (χ3v) is 5.10. The van der Waals surface area contributed by atoms with E-state index < -0.39 is 0 Å². The van der Waals surface area contributed by atoms with E-state index in [0.717, 1.165) is 5.92 Å². The number of nitrogens with one attached hydrogen (secondary N) is 1. The number of hydrogen-bond acceptors (Lipinski definition) is 3. The number of hydrogen-bond donors (Lipinski definition) is 1. The third kappa shape index (κ3) is 5.49. The standard InChI is InChI=1S/C17H27N3O.2ClH/c1-19-8-4-16(11-17(19)21)15-5-9-20(10-6-15)13-14-3-2-7-18-12-14;;/h4,8,11,14-15,18H,2-3,5-7,9-10,12-13H2,1H3;2*1H. The molecule has 3 rings (SSSR count). The van der Waals surface area contributed by atoms with Gasteiger partial charge in [0.25, 0.3) is 5.56 Å². The molecule has 4 nitrogen and oxygen atoms in total. The minimum atomic E-state index is 0. The Labute approximate surface area is 151 Å². The number of rotatable bonds is 3. The fourth-order valence-electron chi connectivity index (χ4n) is 3.71. The van der Waals surface area contributed by atoms with Crippen LogP contribution in [0.2, 0.25) is 0 Å². The first-order valence-electron chi connectivity index (χ1n) is 8.32. The average Bonchev–Trinajstić information content (AvgIpc) is 2.52. The number of pyridine rings is 1. The summed E-state index contributed by atoms with van der Waals surface area (Å²) in [6.45, 7) is 5.99. The maximum atomic E-state index is 11.8. The molecular formula is C17H29Cl2N3O. The molecule has 0 aliphatic carbocycles. The first kappa shape index (κ1) is 20.5. The lowest BCUT2D eigenvalue weighted by Gasteiger charge is -2.35. The second-order valence-electron chi connectivity index (χ2n) is 6.70. The maximum absolute atomic E-state index is 11.8. The maximum Gasteiger partial charge on any atom is 0.250 e. The molecule has 2 fully saturated rings. The van der Waals surface area contributed by atoms with Crippen LogP contribution in [0, 0.1) is 5.92 Å². The van der Waals surface area contributed by atoms with Gasteiger partial charge in [-0.05, 0) is 75.3 Å². The van der Waals surface area contributed by atoms with E-state index in [4.69, 9.17) is 0 Å². The molecule has 0 spiro atoms. The zero-order valence-electron chi connectivity index (χ0n) is 13.9. The van der Waals surface area contributed by atoms with Gasteiger partial charge in [-0.2, -0.15) is 0 Å². The number of aryl methyl sites for hydroxylation is 1. The molecule has 23 heavy (non-hydrogen) atoms. The fourth-order valence-corrected chi connectivity index (χ4v) is 3.71. The van der Waals surface area contributed by atoms with E-state index in [0.29, 0.717) is 5.92 Å². The van der Waals surface area contributed by atoms with Gasteiger partial charge in [-0.15, -0.1) is 24.8 Å². The molecule has 0 radical (unpaired) electrons. The second-order valence-corrected chi connectivity index (χ2v) is 6.70. The van der Waals surface area contributed by atoms with Crippen molar-refractivity contribution >= 4 is 24.8 Å². The molecule has 0 amide bonds. The average molecular weight is 362 g/mol. The molecular weight excluding hydrogens is 333 g/mol. The summed E-state index contributed by atoms with van der Waals surface area (Å²) in [5.74, 6) is 1.40. The predicted octanol–water partition coefficient (Wildman–Crippen LogP) is 2.41. The third-order valence-electron chi connectivity index (χ3n) is 5.10. The Kier molecular flexibility index (Phi) is 8.62. The Balaban J connectivity index is 0.00000132. The van der Waals surface area contributed by atoms with Crippen molar-refractivity contribution in [3.8, 4) is 0 Å². The van der Waals surface area contributed by atoms with Crippen LogP contribution in [-0.2, 0) is 7.05 Å². The molecule has 1 unspecified atom stereocenters. The highest BCUT2D eigenvalue weighted by atomic mass is 35.5. The quantitative estimate of drug-likeness (QED) is 0.897. The molecule has 0 saturated carbocycles. The van der Waals surface area contributed by atoms with Crippen molar-refractivity contribution in [2.24, 2.45) is 13.0 Å². The van der Waals surface area contributed by atoms with Gasteiger partial charge in [0.15, 0.2) is 0 Å². The van der Waals surface area contributed by atoms with E-state index in [9.17, 15) is 4.79 Å². The zero-order chi connectivity index (χ0) is 14.7. The largest absolute Gasteiger partial charge is 0.319 e. The van der Waals surface area contributed by atoms with Gasteiger partial charge in [0.2, 0.25) is 0 Å². The van der Waals surface area contributed by atoms with Gasteiger partial charge in [0.1, 0.15) is 0 Å². The summed E-state index contributed by atoms with van der Waals surface area (Å²) in [5, 5.41) is 3.51. The van der Waals surface area contributed by atoms with Crippen molar-refractivity contribution in [1.29, 1.82) is 0 Å². The van der Waals surface area contributed by atoms with Crippen LogP contribution in [0.25, 0.3) is 0 Å². The fraction of sp³-hybridized carbons (Fsp3) is 0.706. The highest BCUT2D eigenvalue weighted by molar-refractivity contribution is 5.85. The summed E-state index contributed by atoms with van der Waals surface area (Å²) in [6, 6.07) is 3.94. The van der Waals surface area contributed by atoms with Crippen LogP contribution < -0.4 is 10.9 Å². The molecule has 2 aliphatic heterocycles. The molecule has 132 valence electrons. The van der Waals surface area contributed by atoms with Crippen molar-refractivity contribution in [1.82, 2.24) is 14.8 Å². The van der Waals surface area contributed by atoms with Gasteiger partial charge in [0, 0.05) is 25.9 Å². The number of piperidine rings is 2. The second kappa shape index (κ2) is 9.67. The predicted molar refractivity (Wildman–Crippen MR) is 100 cm³/mol. The van der Waals surface area contributed by atoms with E-state index >= 15 is 0 Å². The van der Waals surface area contributed by atoms with Crippen LogP contribution in [0.1, 0.15) is 37.2 Å². The van der Waals surface area contributed by atoms with Crippen molar-refractivity contribution < 1.29 is 0 Å². The Morgan fingerprint density at radius 2 is 1.96 bits per heavy atom. The summed E-state index contributed by atoms with van der Waals surface area (Å²) in [5.41, 5.74) is 1.35. The lowest BCUT2D eigenvalue weighted by Crippen LogP contribution is -2.41. The number of aromatic nitrogens is 1. The summed E-state index contributed by atoms with van der Waals surface area (Å²) < 4.78 is 1.65. The van der Waals surface area contributed by atoms with E-state index in [1.807, 2.05) is 19.3 Å². The van der Waals surface area contributed by atoms with E-state index in [1.165, 1.54) is 64.0 Å². The lowest BCUT2D eigenvalue weighted by molar-refractivity contribution is 0.169.